The number of halogens is 1. The van der Waals surface area contributed by atoms with Gasteiger partial charge >= 0.3 is 0 Å². The Balaban J connectivity index is 1.66. The van der Waals surface area contributed by atoms with Gasteiger partial charge in [0.15, 0.2) is 0 Å². The number of nitrogens with zero attached hydrogens (tertiary/aromatic N) is 1. The molecule has 0 spiro atoms. The van der Waals surface area contributed by atoms with Gasteiger partial charge in [0.25, 0.3) is 15.9 Å². The van der Waals surface area contributed by atoms with Crippen molar-refractivity contribution in [3.05, 3.63) is 89.2 Å². The summed E-state index contributed by atoms with van der Waals surface area (Å²) in [5.74, 6) is -1.50. The number of benzene rings is 3. The van der Waals surface area contributed by atoms with Crippen LogP contribution in [0.15, 0.2) is 71.6 Å². The molecule has 0 aliphatic rings. The maximum atomic E-state index is 13.8. The lowest BCUT2D eigenvalue weighted by atomic mass is 10.1. The third-order valence-electron chi connectivity index (χ3n) is 5.14. The van der Waals surface area contributed by atoms with Crippen LogP contribution in [-0.2, 0) is 14.8 Å². The average Bonchev–Trinajstić information content (AvgIpc) is 2.78. The van der Waals surface area contributed by atoms with Crippen molar-refractivity contribution < 1.29 is 22.4 Å². The predicted molar refractivity (Wildman–Crippen MR) is 125 cm³/mol. The molecule has 0 bridgehead atoms. The molecule has 3 aromatic carbocycles. The number of para-hydroxylation sites is 1. The molecule has 0 radical (unpaired) electrons. The fraction of sp³-hybridized carbons (Fsp3) is 0.167. The van der Waals surface area contributed by atoms with Crippen LogP contribution in [0.3, 0.4) is 0 Å². The summed E-state index contributed by atoms with van der Waals surface area (Å²) < 4.78 is 41.0. The minimum Gasteiger partial charge on any atom is -0.332 e. The number of nitrogens with one attached hydrogen (secondary N) is 2. The van der Waals surface area contributed by atoms with Crippen LogP contribution < -0.4 is 10.0 Å². The predicted octanol–water partition coefficient (Wildman–Crippen LogP) is 3.95. The monoisotopic (exact) mass is 469 g/mol. The van der Waals surface area contributed by atoms with E-state index in [2.05, 4.69) is 10.0 Å². The van der Waals surface area contributed by atoms with Crippen molar-refractivity contribution in [3.63, 3.8) is 0 Å². The van der Waals surface area contributed by atoms with Crippen molar-refractivity contribution in [1.82, 2.24) is 4.90 Å². The molecule has 0 aromatic heterocycles. The Kier molecular flexibility index (Phi) is 7.13. The van der Waals surface area contributed by atoms with Crippen LogP contribution in [0.2, 0.25) is 0 Å². The van der Waals surface area contributed by atoms with Crippen molar-refractivity contribution in [2.24, 2.45) is 0 Å². The van der Waals surface area contributed by atoms with Gasteiger partial charge in [-0.25, -0.2) is 12.8 Å². The number of carbonyl (C=O) groups excluding carboxylic acids is 2. The Morgan fingerprint density at radius 2 is 1.55 bits per heavy atom. The smallest absolute Gasteiger partial charge is 0.261 e. The molecule has 9 heteroatoms. The van der Waals surface area contributed by atoms with E-state index in [4.69, 9.17) is 0 Å². The van der Waals surface area contributed by atoms with Gasteiger partial charge in [0.1, 0.15) is 5.82 Å². The summed E-state index contributed by atoms with van der Waals surface area (Å²) >= 11 is 0. The zero-order valence-electron chi connectivity index (χ0n) is 18.4. The molecule has 0 unspecified atom stereocenters. The first-order chi connectivity index (χ1) is 15.6. The number of likely N-dealkylation sites (N-methyl/N-ethyl adjacent to an activating group) is 1. The molecule has 3 rings (SSSR count). The summed E-state index contributed by atoms with van der Waals surface area (Å²) in [6, 6.07) is 16.2. The van der Waals surface area contributed by atoms with E-state index in [-0.39, 0.29) is 28.6 Å². The van der Waals surface area contributed by atoms with Gasteiger partial charge < -0.3 is 10.2 Å². The maximum Gasteiger partial charge on any atom is 0.261 e. The van der Waals surface area contributed by atoms with Crippen LogP contribution in [0.4, 0.5) is 15.8 Å². The summed E-state index contributed by atoms with van der Waals surface area (Å²) in [4.78, 5) is 26.2. The highest BCUT2D eigenvalue weighted by Gasteiger charge is 2.19. The standard InChI is InChI=1S/C24H24FN3O4S/c1-16-7-6-10-21(17(16)2)26-23(29)15-28(3)24(30)18-11-13-19(14-12-18)33(31,32)27-22-9-5-4-8-20(22)25/h4-14,27H,15H2,1-3H3,(H,26,29). The fourth-order valence-corrected chi connectivity index (χ4v) is 4.18. The lowest BCUT2D eigenvalue weighted by Crippen LogP contribution is -2.35. The quantitative estimate of drug-likeness (QED) is 0.548. The molecule has 0 aliphatic carbocycles. The van der Waals surface area contributed by atoms with E-state index in [1.54, 1.807) is 6.07 Å². The second kappa shape index (κ2) is 9.83. The van der Waals surface area contributed by atoms with E-state index >= 15 is 0 Å². The highest BCUT2D eigenvalue weighted by atomic mass is 32.2. The number of aryl methyl sites for hydroxylation is 1. The SMILES string of the molecule is Cc1cccc(NC(=O)CN(C)C(=O)c2ccc(S(=O)(=O)Nc3ccccc3F)cc2)c1C. The first-order valence-electron chi connectivity index (χ1n) is 10.1. The molecule has 0 heterocycles. The number of carbonyl (C=O) groups is 2. The van der Waals surface area contributed by atoms with Gasteiger partial charge in [0.2, 0.25) is 5.91 Å². The Morgan fingerprint density at radius 1 is 0.909 bits per heavy atom. The number of rotatable bonds is 7. The molecule has 33 heavy (non-hydrogen) atoms. The molecule has 0 saturated carbocycles. The van der Waals surface area contributed by atoms with Crippen LogP contribution in [0.5, 0.6) is 0 Å². The molecular formula is C24H24FN3O4S. The third kappa shape index (κ3) is 5.75. The van der Waals surface area contributed by atoms with E-state index < -0.39 is 21.7 Å². The summed E-state index contributed by atoms with van der Waals surface area (Å²) in [6.07, 6.45) is 0. The minimum absolute atomic E-state index is 0.127. The number of sulfonamides is 1. The van der Waals surface area contributed by atoms with Gasteiger partial charge in [-0.2, -0.15) is 0 Å². The molecule has 172 valence electrons. The van der Waals surface area contributed by atoms with Crippen LogP contribution in [0.25, 0.3) is 0 Å². The van der Waals surface area contributed by atoms with Crippen LogP contribution in [-0.4, -0.2) is 38.7 Å². The summed E-state index contributed by atoms with van der Waals surface area (Å²) in [7, 11) is -2.56. The first-order valence-corrected chi connectivity index (χ1v) is 11.6. The Hall–Kier alpha value is -3.72. The summed E-state index contributed by atoms with van der Waals surface area (Å²) in [5, 5.41) is 2.79. The van der Waals surface area contributed by atoms with E-state index in [0.29, 0.717) is 5.69 Å². The van der Waals surface area contributed by atoms with Gasteiger partial charge in [-0.05, 0) is 67.4 Å². The maximum absolute atomic E-state index is 13.8. The van der Waals surface area contributed by atoms with E-state index in [0.717, 1.165) is 17.2 Å². The van der Waals surface area contributed by atoms with Gasteiger partial charge in [-0.3, -0.25) is 14.3 Å². The molecule has 2 N–H and O–H groups in total. The second-order valence-electron chi connectivity index (χ2n) is 7.57. The summed E-state index contributed by atoms with van der Waals surface area (Å²) in [6.45, 7) is 3.66. The lowest BCUT2D eigenvalue weighted by Gasteiger charge is -2.18. The second-order valence-corrected chi connectivity index (χ2v) is 9.25. The van der Waals surface area contributed by atoms with Gasteiger partial charge in [0, 0.05) is 18.3 Å². The normalized spacial score (nSPS) is 11.0. The fourth-order valence-electron chi connectivity index (χ4n) is 3.11. The Morgan fingerprint density at radius 3 is 2.21 bits per heavy atom. The molecule has 2 amide bonds. The van der Waals surface area contributed by atoms with E-state index in [9.17, 15) is 22.4 Å². The third-order valence-corrected chi connectivity index (χ3v) is 6.52. The molecule has 0 atom stereocenters. The zero-order valence-corrected chi connectivity index (χ0v) is 19.2. The van der Waals surface area contributed by atoms with Crippen LogP contribution in [0.1, 0.15) is 21.5 Å². The van der Waals surface area contributed by atoms with Crippen molar-refractivity contribution in [2.75, 3.05) is 23.6 Å². The minimum atomic E-state index is -4.04. The largest absolute Gasteiger partial charge is 0.332 e. The number of hydrogen-bond donors (Lipinski definition) is 2. The molecular weight excluding hydrogens is 445 g/mol. The number of anilines is 2. The van der Waals surface area contributed by atoms with Crippen molar-refractivity contribution in [2.45, 2.75) is 18.7 Å². The van der Waals surface area contributed by atoms with E-state index in [1.165, 1.54) is 54.4 Å². The molecule has 0 saturated heterocycles. The average molecular weight is 470 g/mol. The van der Waals surface area contributed by atoms with Gasteiger partial charge in [0.05, 0.1) is 17.1 Å². The highest BCUT2D eigenvalue weighted by molar-refractivity contribution is 7.92. The highest BCUT2D eigenvalue weighted by Crippen LogP contribution is 2.20. The lowest BCUT2D eigenvalue weighted by molar-refractivity contribution is -0.116. The Labute approximate surface area is 192 Å². The number of amides is 2. The Bertz CT molecular complexity index is 1290. The molecule has 3 aromatic rings. The first kappa shape index (κ1) is 23.9. The van der Waals surface area contributed by atoms with Crippen LogP contribution >= 0.6 is 0 Å². The van der Waals surface area contributed by atoms with E-state index in [1.807, 2.05) is 26.0 Å². The zero-order chi connectivity index (χ0) is 24.2. The van der Waals surface area contributed by atoms with Crippen molar-refractivity contribution in [1.29, 1.82) is 0 Å². The van der Waals surface area contributed by atoms with Crippen molar-refractivity contribution in [3.8, 4) is 0 Å². The number of hydrogen-bond acceptors (Lipinski definition) is 4. The topological polar surface area (TPSA) is 95.6 Å². The van der Waals surface area contributed by atoms with Gasteiger partial charge in [-0.15, -0.1) is 0 Å². The molecule has 0 aliphatic heterocycles. The molecule has 0 fully saturated rings. The van der Waals surface area contributed by atoms with Crippen molar-refractivity contribution >= 4 is 33.2 Å². The summed E-state index contributed by atoms with van der Waals surface area (Å²) in [5.41, 5.74) is 2.70. The van der Waals surface area contributed by atoms with Gasteiger partial charge in [-0.1, -0.05) is 24.3 Å². The van der Waals surface area contributed by atoms with Crippen LogP contribution in [0, 0.1) is 19.7 Å². The molecule has 7 nitrogen and oxygen atoms in total.